The summed E-state index contributed by atoms with van der Waals surface area (Å²) in [5, 5.41) is 11.8. The molecule has 0 saturated heterocycles. The summed E-state index contributed by atoms with van der Waals surface area (Å²) >= 11 is 11.8. The predicted octanol–water partition coefficient (Wildman–Crippen LogP) is 3.09. The number of hydrogen-bond acceptors (Lipinski definition) is 4. The van der Waals surface area contributed by atoms with Gasteiger partial charge in [-0.15, -0.1) is 0 Å². The van der Waals surface area contributed by atoms with E-state index in [-0.39, 0.29) is 21.4 Å². The van der Waals surface area contributed by atoms with Crippen LogP contribution in [0.1, 0.15) is 15.9 Å². The number of carbonyl (C=O) groups excluding carboxylic acids is 1. The maximum Gasteiger partial charge on any atom is 0.257 e. The smallest absolute Gasteiger partial charge is 0.257 e. The van der Waals surface area contributed by atoms with E-state index in [1.165, 1.54) is 18.3 Å². The highest BCUT2D eigenvalue weighted by Crippen LogP contribution is 2.24. The molecule has 0 aliphatic carbocycles. The van der Waals surface area contributed by atoms with Gasteiger partial charge < -0.3 is 11.1 Å². The van der Waals surface area contributed by atoms with Gasteiger partial charge in [0.2, 0.25) is 0 Å². The Labute approximate surface area is 124 Å². The van der Waals surface area contributed by atoms with E-state index in [2.05, 4.69) is 10.3 Å². The van der Waals surface area contributed by atoms with Gasteiger partial charge in [-0.25, -0.2) is 4.98 Å². The number of nitrogen functional groups attached to an aromatic ring is 1. The van der Waals surface area contributed by atoms with E-state index in [9.17, 15) is 4.79 Å². The van der Waals surface area contributed by atoms with Crippen molar-refractivity contribution in [3.63, 3.8) is 0 Å². The van der Waals surface area contributed by atoms with Gasteiger partial charge in [0, 0.05) is 6.20 Å². The second kappa shape index (κ2) is 5.78. The molecule has 1 aromatic carbocycles. The zero-order valence-electron chi connectivity index (χ0n) is 10.0. The molecule has 1 aromatic heterocycles. The molecule has 2 rings (SSSR count). The van der Waals surface area contributed by atoms with E-state index in [4.69, 9.17) is 34.2 Å². The molecule has 5 nitrogen and oxygen atoms in total. The maximum atomic E-state index is 12.0. The van der Waals surface area contributed by atoms with Crippen LogP contribution in [-0.2, 0) is 0 Å². The molecule has 0 radical (unpaired) electrons. The van der Waals surface area contributed by atoms with Crippen LogP contribution in [-0.4, -0.2) is 10.9 Å². The fourth-order valence-corrected chi connectivity index (χ4v) is 1.85. The van der Waals surface area contributed by atoms with Crippen LogP contribution in [0.2, 0.25) is 10.0 Å². The lowest BCUT2D eigenvalue weighted by atomic mass is 10.2. The Morgan fingerprint density at radius 1 is 1.30 bits per heavy atom. The van der Waals surface area contributed by atoms with Crippen LogP contribution in [0.4, 0.5) is 11.5 Å². The topological polar surface area (TPSA) is 91.8 Å². The number of nitriles is 1. The fourth-order valence-electron chi connectivity index (χ4n) is 1.45. The van der Waals surface area contributed by atoms with E-state index in [0.29, 0.717) is 11.3 Å². The first kappa shape index (κ1) is 14.1. The summed E-state index contributed by atoms with van der Waals surface area (Å²) in [5.74, 6) is -0.273. The minimum Gasteiger partial charge on any atom is -0.382 e. The van der Waals surface area contributed by atoms with Gasteiger partial charge in [-0.3, -0.25) is 4.79 Å². The van der Waals surface area contributed by atoms with Crippen LogP contribution >= 0.6 is 23.2 Å². The summed E-state index contributed by atoms with van der Waals surface area (Å²) in [4.78, 5) is 15.8. The van der Waals surface area contributed by atoms with E-state index in [1.807, 2.05) is 6.07 Å². The highest BCUT2D eigenvalue weighted by molar-refractivity contribution is 6.34. The molecule has 0 atom stereocenters. The molecule has 0 unspecified atom stereocenters. The third-order valence-electron chi connectivity index (χ3n) is 2.48. The number of amides is 1. The van der Waals surface area contributed by atoms with Gasteiger partial charge in [0.05, 0.1) is 32.9 Å². The molecule has 7 heteroatoms. The molecule has 0 aliphatic rings. The van der Waals surface area contributed by atoms with Crippen molar-refractivity contribution in [3.8, 4) is 6.07 Å². The Balaban J connectivity index is 2.23. The maximum absolute atomic E-state index is 12.0. The average molecular weight is 307 g/mol. The van der Waals surface area contributed by atoms with Gasteiger partial charge in [0.25, 0.3) is 5.91 Å². The molecule has 1 heterocycles. The third kappa shape index (κ3) is 2.99. The highest BCUT2D eigenvalue weighted by atomic mass is 35.5. The van der Waals surface area contributed by atoms with Gasteiger partial charge in [-0.2, -0.15) is 5.26 Å². The Morgan fingerprint density at radius 2 is 2.05 bits per heavy atom. The number of nitrogens with two attached hydrogens (primary N) is 1. The minimum atomic E-state index is -0.425. The van der Waals surface area contributed by atoms with Gasteiger partial charge in [-0.1, -0.05) is 23.2 Å². The summed E-state index contributed by atoms with van der Waals surface area (Å²) in [7, 11) is 0. The van der Waals surface area contributed by atoms with Crippen LogP contribution < -0.4 is 11.1 Å². The number of halogens is 2. The lowest BCUT2D eigenvalue weighted by Crippen LogP contribution is -2.13. The Kier molecular flexibility index (Phi) is 4.08. The van der Waals surface area contributed by atoms with Gasteiger partial charge in [0.15, 0.2) is 0 Å². The molecule has 20 heavy (non-hydrogen) atoms. The van der Waals surface area contributed by atoms with Gasteiger partial charge in [0.1, 0.15) is 5.82 Å². The van der Waals surface area contributed by atoms with Crippen molar-refractivity contribution in [1.82, 2.24) is 4.98 Å². The average Bonchev–Trinajstić information content (AvgIpc) is 2.43. The standard InChI is InChI=1S/C13H8Cl2N4O/c14-9-3-7(5-16)1-2-11(9)19-13(20)8-4-10(15)12(17)18-6-8/h1-4,6H,(H2,17,18)(H,19,20). The SMILES string of the molecule is N#Cc1ccc(NC(=O)c2cnc(N)c(Cl)c2)c(Cl)c1. The largest absolute Gasteiger partial charge is 0.382 e. The van der Waals surface area contributed by atoms with Crippen molar-refractivity contribution in [2.24, 2.45) is 0 Å². The quantitative estimate of drug-likeness (QED) is 0.891. The Morgan fingerprint density at radius 3 is 2.65 bits per heavy atom. The van der Waals surface area contributed by atoms with Gasteiger partial charge >= 0.3 is 0 Å². The molecule has 0 bridgehead atoms. The van der Waals surface area contributed by atoms with Crippen LogP contribution in [0, 0.1) is 11.3 Å². The minimum absolute atomic E-state index is 0.152. The van der Waals surface area contributed by atoms with E-state index in [1.54, 1.807) is 12.1 Å². The van der Waals surface area contributed by atoms with Crippen molar-refractivity contribution >= 4 is 40.6 Å². The number of hydrogen-bond donors (Lipinski definition) is 2. The number of pyridine rings is 1. The van der Waals surface area contributed by atoms with Crippen molar-refractivity contribution in [2.45, 2.75) is 0 Å². The first-order valence-electron chi connectivity index (χ1n) is 5.43. The van der Waals surface area contributed by atoms with Crippen LogP contribution in [0.5, 0.6) is 0 Å². The predicted molar refractivity (Wildman–Crippen MR) is 77.8 cm³/mol. The molecule has 1 amide bonds. The summed E-state index contributed by atoms with van der Waals surface area (Å²) in [5.41, 5.74) is 6.53. The van der Waals surface area contributed by atoms with E-state index < -0.39 is 5.91 Å². The van der Waals surface area contributed by atoms with Crippen LogP contribution in [0.25, 0.3) is 0 Å². The fraction of sp³-hybridized carbons (Fsp3) is 0. The zero-order valence-corrected chi connectivity index (χ0v) is 11.5. The third-order valence-corrected chi connectivity index (χ3v) is 3.09. The summed E-state index contributed by atoms with van der Waals surface area (Å²) in [6.45, 7) is 0. The van der Waals surface area contributed by atoms with Crippen molar-refractivity contribution in [3.05, 3.63) is 51.6 Å². The highest BCUT2D eigenvalue weighted by Gasteiger charge is 2.11. The molecule has 100 valence electrons. The number of nitrogens with one attached hydrogen (secondary N) is 1. The molecule has 0 saturated carbocycles. The first-order valence-corrected chi connectivity index (χ1v) is 6.19. The summed E-state index contributed by atoms with van der Waals surface area (Å²) < 4.78 is 0. The number of rotatable bonds is 2. The molecular formula is C13H8Cl2N4O. The normalized spacial score (nSPS) is 9.85. The summed E-state index contributed by atoms with van der Waals surface area (Å²) in [6, 6.07) is 7.93. The Hall–Kier alpha value is -2.29. The summed E-state index contributed by atoms with van der Waals surface area (Å²) in [6.07, 6.45) is 1.31. The van der Waals surface area contributed by atoms with Crippen molar-refractivity contribution in [1.29, 1.82) is 5.26 Å². The number of nitrogens with zero attached hydrogens (tertiary/aromatic N) is 2. The number of benzene rings is 1. The molecule has 3 N–H and O–H groups in total. The second-order valence-corrected chi connectivity index (χ2v) is 4.67. The molecule has 0 fully saturated rings. The van der Waals surface area contributed by atoms with E-state index >= 15 is 0 Å². The Bertz CT molecular complexity index is 725. The van der Waals surface area contributed by atoms with Crippen molar-refractivity contribution in [2.75, 3.05) is 11.1 Å². The zero-order chi connectivity index (χ0) is 14.7. The first-order chi connectivity index (χ1) is 9.51. The van der Waals surface area contributed by atoms with Crippen LogP contribution in [0.15, 0.2) is 30.5 Å². The van der Waals surface area contributed by atoms with Gasteiger partial charge in [-0.05, 0) is 24.3 Å². The van der Waals surface area contributed by atoms with Crippen LogP contribution in [0.3, 0.4) is 0 Å². The molecule has 2 aromatic rings. The monoisotopic (exact) mass is 306 g/mol. The second-order valence-electron chi connectivity index (χ2n) is 3.85. The number of aromatic nitrogens is 1. The van der Waals surface area contributed by atoms with E-state index in [0.717, 1.165) is 0 Å². The molecule has 0 spiro atoms. The molecule has 0 aliphatic heterocycles. The van der Waals surface area contributed by atoms with Crippen molar-refractivity contribution < 1.29 is 4.79 Å². The number of anilines is 2. The number of carbonyl (C=O) groups is 1. The molecular weight excluding hydrogens is 299 g/mol. The lowest BCUT2D eigenvalue weighted by molar-refractivity contribution is 0.102. The lowest BCUT2D eigenvalue weighted by Gasteiger charge is -2.08.